The third-order valence-electron chi connectivity index (χ3n) is 3.41. The fourth-order valence-electron chi connectivity index (χ4n) is 2.31. The van der Waals surface area contributed by atoms with Crippen LogP contribution in [0.15, 0.2) is 57.9 Å². The van der Waals surface area contributed by atoms with Gasteiger partial charge in [0.25, 0.3) is 10.0 Å². The monoisotopic (exact) mass is 378 g/mol. The van der Waals surface area contributed by atoms with Gasteiger partial charge in [-0.05, 0) is 50.2 Å². The Labute approximate surface area is 150 Å². The van der Waals surface area contributed by atoms with E-state index in [1.807, 2.05) is 12.1 Å². The minimum Gasteiger partial charge on any atom is -0.456 e. The van der Waals surface area contributed by atoms with Crippen molar-refractivity contribution in [3.63, 3.8) is 0 Å². The van der Waals surface area contributed by atoms with Gasteiger partial charge in [-0.2, -0.15) is 0 Å². The Balaban J connectivity index is 1.78. The van der Waals surface area contributed by atoms with Crippen LogP contribution in [-0.2, 0) is 10.0 Å². The quantitative estimate of drug-likeness (QED) is 0.704. The van der Waals surface area contributed by atoms with E-state index in [-0.39, 0.29) is 10.7 Å². The van der Waals surface area contributed by atoms with Crippen molar-refractivity contribution in [3.8, 4) is 11.5 Å². The molecule has 1 N–H and O–H groups in total. The molecule has 0 unspecified atom stereocenters. The van der Waals surface area contributed by atoms with Crippen LogP contribution in [0, 0.1) is 13.8 Å². The van der Waals surface area contributed by atoms with Crippen LogP contribution in [0.4, 0.5) is 5.69 Å². The van der Waals surface area contributed by atoms with Gasteiger partial charge in [0.2, 0.25) is 0 Å². The van der Waals surface area contributed by atoms with Gasteiger partial charge in [0.1, 0.15) is 17.2 Å². The number of nitrogens with one attached hydrogen (secondary N) is 1. The van der Waals surface area contributed by atoms with Crippen molar-refractivity contribution < 1.29 is 17.7 Å². The van der Waals surface area contributed by atoms with Crippen molar-refractivity contribution in [3.05, 3.63) is 65.0 Å². The van der Waals surface area contributed by atoms with Crippen LogP contribution in [0.25, 0.3) is 0 Å². The molecule has 0 spiro atoms. The molecule has 0 aliphatic heterocycles. The number of aryl methyl sites for hydroxylation is 2. The maximum absolute atomic E-state index is 12.5. The Morgan fingerprint density at radius 2 is 1.76 bits per heavy atom. The number of halogens is 1. The molecule has 6 nitrogen and oxygen atoms in total. The van der Waals surface area contributed by atoms with Gasteiger partial charge >= 0.3 is 0 Å². The lowest BCUT2D eigenvalue weighted by atomic mass is 10.3. The first-order valence-electron chi connectivity index (χ1n) is 7.35. The summed E-state index contributed by atoms with van der Waals surface area (Å²) in [5.74, 6) is 1.30. The molecule has 1 aromatic heterocycles. The summed E-state index contributed by atoms with van der Waals surface area (Å²) in [5.41, 5.74) is 0.704. The van der Waals surface area contributed by atoms with Gasteiger partial charge in [0.05, 0.1) is 5.02 Å². The van der Waals surface area contributed by atoms with Crippen molar-refractivity contribution in [1.29, 1.82) is 0 Å². The summed E-state index contributed by atoms with van der Waals surface area (Å²) in [7, 11) is -3.78. The smallest absolute Gasteiger partial charge is 0.267 e. The highest BCUT2D eigenvalue weighted by molar-refractivity contribution is 7.92. The zero-order valence-corrected chi connectivity index (χ0v) is 15.1. The minimum absolute atomic E-state index is 0.0453. The van der Waals surface area contributed by atoms with Crippen LogP contribution in [0.3, 0.4) is 0 Å². The number of rotatable bonds is 5. The lowest BCUT2D eigenvalue weighted by Crippen LogP contribution is -2.14. The van der Waals surface area contributed by atoms with Crippen molar-refractivity contribution in [2.75, 3.05) is 4.72 Å². The molecule has 3 aromatic rings. The third kappa shape index (κ3) is 3.78. The highest BCUT2D eigenvalue weighted by atomic mass is 35.5. The fourth-order valence-corrected chi connectivity index (χ4v) is 3.87. The van der Waals surface area contributed by atoms with Gasteiger partial charge < -0.3 is 9.26 Å². The SMILES string of the molecule is Cc1noc(C)c1S(=O)(=O)Nc1ccc(Oc2ccccc2Cl)cc1. The van der Waals surface area contributed by atoms with E-state index in [1.54, 1.807) is 50.2 Å². The Hall–Kier alpha value is -2.51. The van der Waals surface area contributed by atoms with Crippen LogP contribution in [0.2, 0.25) is 5.02 Å². The molecule has 0 aliphatic carbocycles. The van der Waals surface area contributed by atoms with Crippen molar-refractivity contribution >= 4 is 27.3 Å². The second kappa shape index (κ2) is 6.78. The molecule has 1 heterocycles. The molecule has 0 bridgehead atoms. The van der Waals surface area contributed by atoms with E-state index >= 15 is 0 Å². The Kier molecular flexibility index (Phi) is 4.69. The second-order valence-corrected chi connectivity index (χ2v) is 7.34. The number of benzene rings is 2. The maximum atomic E-state index is 12.5. The summed E-state index contributed by atoms with van der Waals surface area (Å²) in [6, 6.07) is 13.6. The van der Waals surface area contributed by atoms with Crippen LogP contribution >= 0.6 is 11.6 Å². The summed E-state index contributed by atoms with van der Waals surface area (Å²) in [6.45, 7) is 3.13. The van der Waals surface area contributed by atoms with E-state index in [2.05, 4.69) is 9.88 Å². The maximum Gasteiger partial charge on any atom is 0.267 e. The summed E-state index contributed by atoms with van der Waals surface area (Å²) in [4.78, 5) is 0.0453. The minimum atomic E-state index is -3.78. The number of para-hydroxylation sites is 1. The van der Waals surface area contributed by atoms with Gasteiger partial charge in [-0.15, -0.1) is 0 Å². The molecule has 0 saturated heterocycles. The molecule has 25 heavy (non-hydrogen) atoms. The number of nitrogens with zero attached hydrogens (tertiary/aromatic N) is 1. The topological polar surface area (TPSA) is 81.4 Å². The van der Waals surface area contributed by atoms with E-state index < -0.39 is 10.0 Å². The lowest BCUT2D eigenvalue weighted by Gasteiger charge is -2.10. The average molecular weight is 379 g/mol. The molecule has 0 aliphatic rings. The Morgan fingerprint density at radius 1 is 1.08 bits per heavy atom. The van der Waals surface area contributed by atoms with Gasteiger partial charge in [0.15, 0.2) is 10.7 Å². The van der Waals surface area contributed by atoms with E-state index in [4.69, 9.17) is 20.9 Å². The summed E-state index contributed by atoms with van der Waals surface area (Å²) in [6.07, 6.45) is 0. The molecule has 8 heteroatoms. The summed E-state index contributed by atoms with van der Waals surface area (Å²) in [5, 5.41) is 4.16. The standard InChI is InChI=1S/C17H15ClN2O4S/c1-11-17(12(2)24-19-11)25(21,22)20-13-7-9-14(10-8-13)23-16-6-4-3-5-15(16)18/h3-10,20H,1-2H3. The van der Waals surface area contributed by atoms with E-state index in [0.717, 1.165) is 0 Å². The van der Waals surface area contributed by atoms with Crippen LogP contribution < -0.4 is 9.46 Å². The molecule has 0 radical (unpaired) electrons. The highest BCUT2D eigenvalue weighted by Crippen LogP contribution is 2.30. The molecule has 0 atom stereocenters. The molecule has 130 valence electrons. The highest BCUT2D eigenvalue weighted by Gasteiger charge is 2.24. The number of anilines is 1. The van der Waals surface area contributed by atoms with Crippen molar-refractivity contribution in [2.24, 2.45) is 0 Å². The molecular weight excluding hydrogens is 364 g/mol. The van der Waals surface area contributed by atoms with Gasteiger partial charge in [-0.1, -0.05) is 28.9 Å². The largest absolute Gasteiger partial charge is 0.456 e. The van der Waals surface area contributed by atoms with Crippen molar-refractivity contribution in [1.82, 2.24) is 5.16 Å². The molecule has 0 saturated carbocycles. The molecule has 3 rings (SSSR count). The van der Waals surface area contributed by atoms with Gasteiger partial charge in [0, 0.05) is 5.69 Å². The molecule has 2 aromatic carbocycles. The normalized spacial score (nSPS) is 11.3. The predicted molar refractivity (Wildman–Crippen MR) is 94.8 cm³/mol. The predicted octanol–water partition coefficient (Wildman–Crippen LogP) is 4.54. The lowest BCUT2D eigenvalue weighted by molar-refractivity contribution is 0.390. The number of aromatic nitrogens is 1. The average Bonchev–Trinajstić information content (AvgIpc) is 2.91. The van der Waals surface area contributed by atoms with Crippen LogP contribution in [-0.4, -0.2) is 13.6 Å². The van der Waals surface area contributed by atoms with E-state index in [1.165, 1.54) is 0 Å². The van der Waals surface area contributed by atoms with Gasteiger partial charge in [-0.3, -0.25) is 4.72 Å². The Bertz CT molecular complexity index is 978. The van der Waals surface area contributed by atoms with E-state index in [0.29, 0.717) is 27.9 Å². The Morgan fingerprint density at radius 3 is 2.36 bits per heavy atom. The number of hydrogen-bond acceptors (Lipinski definition) is 5. The van der Waals surface area contributed by atoms with Crippen molar-refractivity contribution in [2.45, 2.75) is 18.7 Å². The number of sulfonamides is 1. The second-order valence-electron chi connectivity index (χ2n) is 5.32. The molecule has 0 fully saturated rings. The number of ether oxygens (including phenoxy) is 1. The van der Waals surface area contributed by atoms with Gasteiger partial charge in [-0.25, -0.2) is 8.42 Å². The third-order valence-corrected chi connectivity index (χ3v) is 5.34. The molecular formula is C17H15ClN2O4S. The first-order valence-corrected chi connectivity index (χ1v) is 9.21. The fraction of sp³-hybridized carbons (Fsp3) is 0.118. The number of hydrogen-bond donors (Lipinski definition) is 1. The summed E-state index contributed by atoms with van der Waals surface area (Å²) < 4.78 is 38.0. The molecule has 0 amide bonds. The van der Waals surface area contributed by atoms with Crippen LogP contribution in [0.5, 0.6) is 11.5 Å². The summed E-state index contributed by atoms with van der Waals surface area (Å²) >= 11 is 6.05. The van der Waals surface area contributed by atoms with Crippen LogP contribution in [0.1, 0.15) is 11.5 Å². The zero-order chi connectivity index (χ0) is 18.0. The first kappa shape index (κ1) is 17.3. The first-order chi connectivity index (χ1) is 11.9. The van der Waals surface area contributed by atoms with E-state index in [9.17, 15) is 8.42 Å². The zero-order valence-electron chi connectivity index (χ0n) is 13.5.